The molecule has 4 rings (SSSR count). The lowest BCUT2D eigenvalue weighted by Crippen LogP contribution is -2.50. The number of halogens is 1. The number of anilines is 1. The molecule has 158 valence electrons. The quantitative estimate of drug-likeness (QED) is 0.641. The summed E-state index contributed by atoms with van der Waals surface area (Å²) in [6, 6.07) is 11.5. The molecule has 0 unspecified atom stereocenters. The lowest BCUT2D eigenvalue weighted by molar-refractivity contribution is -0.132. The fourth-order valence-electron chi connectivity index (χ4n) is 3.96. The molecule has 8 heteroatoms. The summed E-state index contributed by atoms with van der Waals surface area (Å²) in [6.07, 6.45) is 0. The molecule has 0 atom stereocenters. The smallest absolute Gasteiger partial charge is 0.329 e. The molecule has 1 aromatic heterocycles. The zero-order chi connectivity index (χ0) is 21.4. The SMILES string of the molecule is COc1cc(N2CCN(C(=O)Cn3c(=O)n(C)c4cc(C)ccc43)CC2)ccc1Cl. The largest absolute Gasteiger partial charge is 0.495 e. The van der Waals surface area contributed by atoms with Crippen LogP contribution in [0.15, 0.2) is 41.2 Å². The van der Waals surface area contributed by atoms with Crippen molar-refractivity contribution in [3.05, 3.63) is 57.5 Å². The van der Waals surface area contributed by atoms with Gasteiger partial charge in [0.25, 0.3) is 0 Å². The number of carbonyl (C=O) groups is 1. The van der Waals surface area contributed by atoms with Gasteiger partial charge in [0.1, 0.15) is 12.3 Å². The second-order valence-electron chi connectivity index (χ2n) is 7.61. The molecular formula is C22H25ClN4O3. The maximum absolute atomic E-state index is 12.9. The van der Waals surface area contributed by atoms with Crippen LogP contribution in [0.1, 0.15) is 5.56 Å². The van der Waals surface area contributed by atoms with E-state index in [0.29, 0.717) is 37.0 Å². The maximum atomic E-state index is 12.9. The first kappa shape index (κ1) is 20.3. The number of carbonyl (C=O) groups excluding carboxylic acids is 1. The zero-order valence-corrected chi connectivity index (χ0v) is 18.1. The second-order valence-corrected chi connectivity index (χ2v) is 8.01. The molecule has 0 spiro atoms. The van der Waals surface area contributed by atoms with E-state index in [1.54, 1.807) is 23.3 Å². The predicted molar refractivity (Wildman–Crippen MR) is 119 cm³/mol. The Morgan fingerprint density at radius 3 is 2.50 bits per heavy atom. The third-order valence-electron chi connectivity index (χ3n) is 5.73. The number of hydrogen-bond donors (Lipinski definition) is 0. The minimum atomic E-state index is -0.171. The number of aromatic nitrogens is 2. The molecule has 30 heavy (non-hydrogen) atoms. The highest BCUT2D eigenvalue weighted by Gasteiger charge is 2.23. The van der Waals surface area contributed by atoms with Crippen molar-refractivity contribution in [3.63, 3.8) is 0 Å². The molecule has 0 N–H and O–H groups in total. The summed E-state index contributed by atoms with van der Waals surface area (Å²) >= 11 is 6.12. The summed E-state index contributed by atoms with van der Waals surface area (Å²) in [5.41, 5.74) is 3.55. The molecule has 1 saturated heterocycles. The Kier molecular flexibility index (Phi) is 5.47. The number of aryl methyl sites for hydroxylation is 2. The topological polar surface area (TPSA) is 59.7 Å². The number of hydrogen-bond acceptors (Lipinski definition) is 4. The summed E-state index contributed by atoms with van der Waals surface area (Å²) in [6.45, 7) is 4.65. The van der Waals surface area contributed by atoms with E-state index in [0.717, 1.165) is 22.3 Å². The van der Waals surface area contributed by atoms with E-state index in [-0.39, 0.29) is 18.1 Å². The molecule has 0 aliphatic carbocycles. The fraction of sp³-hybridized carbons (Fsp3) is 0.364. The van der Waals surface area contributed by atoms with Crippen LogP contribution in [0.3, 0.4) is 0 Å². The van der Waals surface area contributed by atoms with Gasteiger partial charge < -0.3 is 14.5 Å². The van der Waals surface area contributed by atoms with Gasteiger partial charge in [-0.1, -0.05) is 17.7 Å². The second kappa shape index (κ2) is 8.07. The van der Waals surface area contributed by atoms with E-state index < -0.39 is 0 Å². The lowest BCUT2D eigenvalue weighted by Gasteiger charge is -2.36. The first-order valence-corrected chi connectivity index (χ1v) is 10.3. The third kappa shape index (κ3) is 3.65. The van der Waals surface area contributed by atoms with Gasteiger partial charge in [0, 0.05) is 45.0 Å². The Morgan fingerprint density at radius 1 is 1.07 bits per heavy atom. The average Bonchev–Trinajstić information content (AvgIpc) is 2.98. The van der Waals surface area contributed by atoms with Gasteiger partial charge in [-0.25, -0.2) is 4.79 Å². The van der Waals surface area contributed by atoms with Crippen LogP contribution in [0.5, 0.6) is 5.75 Å². The van der Waals surface area contributed by atoms with Crippen LogP contribution in [-0.4, -0.2) is 53.2 Å². The summed E-state index contributed by atoms with van der Waals surface area (Å²) < 4.78 is 8.46. The standard InChI is InChI=1S/C22H25ClN4O3/c1-15-4-7-18-19(12-15)24(2)22(29)27(18)14-21(28)26-10-8-25(9-11-26)16-5-6-17(23)20(13-16)30-3/h4-7,12-13H,8-11,14H2,1-3H3. The maximum Gasteiger partial charge on any atom is 0.329 e. The third-order valence-corrected chi connectivity index (χ3v) is 6.04. The first-order valence-electron chi connectivity index (χ1n) is 9.91. The number of imidazole rings is 1. The number of benzene rings is 2. The summed E-state index contributed by atoms with van der Waals surface area (Å²) in [4.78, 5) is 29.6. The Hall–Kier alpha value is -2.93. The summed E-state index contributed by atoms with van der Waals surface area (Å²) in [5, 5.41) is 0.575. The van der Waals surface area contributed by atoms with Crippen molar-refractivity contribution in [3.8, 4) is 5.75 Å². The Bertz CT molecular complexity index is 1160. The van der Waals surface area contributed by atoms with E-state index in [1.807, 2.05) is 48.2 Å². The molecule has 1 aliphatic rings. The number of piperazine rings is 1. The van der Waals surface area contributed by atoms with Gasteiger partial charge >= 0.3 is 5.69 Å². The number of nitrogens with zero attached hydrogens (tertiary/aromatic N) is 4. The van der Waals surface area contributed by atoms with Crippen molar-refractivity contribution in [2.24, 2.45) is 7.05 Å². The molecule has 0 radical (unpaired) electrons. The van der Waals surface area contributed by atoms with Crippen LogP contribution >= 0.6 is 11.6 Å². The number of rotatable bonds is 4. The summed E-state index contributed by atoms with van der Waals surface area (Å²) in [5.74, 6) is 0.594. The molecule has 2 aromatic carbocycles. The van der Waals surface area contributed by atoms with Gasteiger partial charge in [-0.2, -0.15) is 0 Å². The minimum absolute atomic E-state index is 0.0430. The monoisotopic (exact) mass is 428 g/mol. The molecule has 0 saturated carbocycles. The molecule has 7 nitrogen and oxygen atoms in total. The Balaban J connectivity index is 1.46. The van der Waals surface area contributed by atoms with Crippen LogP contribution < -0.4 is 15.3 Å². The van der Waals surface area contributed by atoms with Crippen LogP contribution in [-0.2, 0) is 18.4 Å². The fourth-order valence-corrected chi connectivity index (χ4v) is 4.16. The highest BCUT2D eigenvalue weighted by Crippen LogP contribution is 2.29. The van der Waals surface area contributed by atoms with Gasteiger partial charge in [0.05, 0.1) is 23.2 Å². The van der Waals surface area contributed by atoms with Crippen LogP contribution in [0, 0.1) is 6.92 Å². The minimum Gasteiger partial charge on any atom is -0.495 e. The first-order chi connectivity index (χ1) is 14.4. The van der Waals surface area contributed by atoms with Crippen LogP contribution in [0.4, 0.5) is 5.69 Å². The lowest BCUT2D eigenvalue weighted by atomic mass is 10.2. The highest BCUT2D eigenvalue weighted by atomic mass is 35.5. The van der Waals surface area contributed by atoms with Crippen molar-refractivity contribution < 1.29 is 9.53 Å². The number of ether oxygens (including phenoxy) is 1. The Labute approximate surface area is 180 Å². The van der Waals surface area contributed by atoms with Crippen LogP contribution in [0.2, 0.25) is 5.02 Å². The van der Waals surface area contributed by atoms with E-state index in [1.165, 1.54) is 0 Å². The Morgan fingerprint density at radius 2 is 1.80 bits per heavy atom. The van der Waals surface area contributed by atoms with Crippen molar-refractivity contribution in [1.82, 2.24) is 14.0 Å². The molecule has 2 heterocycles. The van der Waals surface area contributed by atoms with Gasteiger partial charge in [-0.05, 0) is 36.8 Å². The van der Waals surface area contributed by atoms with E-state index >= 15 is 0 Å². The van der Waals surface area contributed by atoms with E-state index in [9.17, 15) is 9.59 Å². The van der Waals surface area contributed by atoms with E-state index in [2.05, 4.69) is 4.90 Å². The molecule has 1 aliphatic heterocycles. The van der Waals surface area contributed by atoms with Crippen LogP contribution in [0.25, 0.3) is 11.0 Å². The normalized spacial score (nSPS) is 14.4. The van der Waals surface area contributed by atoms with Crippen molar-refractivity contribution >= 4 is 34.2 Å². The van der Waals surface area contributed by atoms with Gasteiger partial charge in [0.2, 0.25) is 5.91 Å². The van der Waals surface area contributed by atoms with Crippen molar-refractivity contribution in [1.29, 1.82) is 0 Å². The molecule has 0 bridgehead atoms. The van der Waals surface area contributed by atoms with Gasteiger partial charge in [-0.15, -0.1) is 0 Å². The number of amides is 1. The molecule has 1 fully saturated rings. The molecule has 1 amide bonds. The average molecular weight is 429 g/mol. The van der Waals surface area contributed by atoms with E-state index in [4.69, 9.17) is 16.3 Å². The zero-order valence-electron chi connectivity index (χ0n) is 17.4. The van der Waals surface area contributed by atoms with Crippen molar-refractivity contribution in [2.45, 2.75) is 13.5 Å². The number of methoxy groups -OCH3 is 1. The van der Waals surface area contributed by atoms with Gasteiger partial charge in [-0.3, -0.25) is 13.9 Å². The summed E-state index contributed by atoms with van der Waals surface area (Å²) in [7, 11) is 3.34. The molecular weight excluding hydrogens is 404 g/mol. The number of fused-ring (bicyclic) bond motifs is 1. The molecule has 3 aromatic rings. The highest BCUT2D eigenvalue weighted by molar-refractivity contribution is 6.32. The van der Waals surface area contributed by atoms with Crippen molar-refractivity contribution in [2.75, 3.05) is 38.2 Å². The van der Waals surface area contributed by atoms with Gasteiger partial charge in [0.15, 0.2) is 0 Å². The predicted octanol–water partition coefficient (Wildman–Crippen LogP) is 2.66.